The average Bonchev–Trinajstić information content (AvgIpc) is 2.51. The van der Waals surface area contributed by atoms with Gasteiger partial charge in [-0.3, -0.25) is 0 Å². The van der Waals surface area contributed by atoms with Crippen LogP contribution in [0.15, 0.2) is 30.3 Å². The van der Waals surface area contributed by atoms with E-state index in [2.05, 4.69) is 0 Å². The molecule has 1 aliphatic heterocycles. The molecule has 4 nitrogen and oxygen atoms in total. The quantitative estimate of drug-likeness (QED) is 0.779. The second-order valence-electron chi connectivity index (χ2n) is 4.64. The lowest BCUT2D eigenvalue weighted by atomic mass is 10.2. The van der Waals surface area contributed by atoms with Crippen molar-refractivity contribution in [2.45, 2.75) is 25.6 Å². The van der Waals surface area contributed by atoms with Crippen molar-refractivity contribution in [1.29, 1.82) is 0 Å². The van der Waals surface area contributed by atoms with Crippen molar-refractivity contribution in [3.63, 3.8) is 0 Å². The van der Waals surface area contributed by atoms with Crippen LogP contribution in [0.4, 0.5) is 0 Å². The summed E-state index contributed by atoms with van der Waals surface area (Å²) < 4.78 is 16.8. The Morgan fingerprint density at radius 2 is 2.15 bits per heavy atom. The molecule has 1 saturated heterocycles. The molecule has 0 bridgehead atoms. The molecule has 0 saturated carbocycles. The highest BCUT2D eigenvalue weighted by molar-refractivity contribution is 5.57. The fourth-order valence-electron chi connectivity index (χ4n) is 2.10. The summed E-state index contributed by atoms with van der Waals surface area (Å²) in [5.41, 5.74) is 0.954. The summed E-state index contributed by atoms with van der Waals surface area (Å²) in [4.78, 5) is 0. The number of aliphatic hydroxyl groups is 1. The molecule has 0 spiro atoms. The Morgan fingerprint density at radius 1 is 1.25 bits per heavy atom. The van der Waals surface area contributed by atoms with Crippen LogP contribution in [0.2, 0.25) is 0 Å². The van der Waals surface area contributed by atoms with E-state index in [1.54, 1.807) is 6.08 Å². The zero-order valence-electron chi connectivity index (χ0n) is 11.7. The van der Waals surface area contributed by atoms with Gasteiger partial charge in [0.05, 0.1) is 13.2 Å². The fourth-order valence-corrected chi connectivity index (χ4v) is 2.10. The second kappa shape index (κ2) is 8.74. The summed E-state index contributed by atoms with van der Waals surface area (Å²) in [6.07, 6.45) is 6.73. The van der Waals surface area contributed by atoms with Crippen molar-refractivity contribution in [2.24, 2.45) is 0 Å². The minimum absolute atomic E-state index is 0.0243. The first-order valence-electron chi connectivity index (χ1n) is 7.12. The third kappa shape index (κ3) is 4.96. The van der Waals surface area contributed by atoms with Gasteiger partial charge in [0.15, 0.2) is 6.29 Å². The Balaban J connectivity index is 1.74. The van der Waals surface area contributed by atoms with Crippen LogP contribution in [0, 0.1) is 0 Å². The van der Waals surface area contributed by atoms with Crippen LogP contribution in [0.5, 0.6) is 5.75 Å². The number of aliphatic hydroxyl groups excluding tert-OH is 1. The molecule has 1 N–H and O–H groups in total. The molecule has 20 heavy (non-hydrogen) atoms. The van der Waals surface area contributed by atoms with Gasteiger partial charge in [0.1, 0.15) is 12.4 Å². The van der Waals surface area contributed by atoms with E-state index in [9.17, 15) is 0 Å². The monoisotopic (exact) mass is 278 g/mol. The van der Waals surface area contributed by atoms with Gasteiger partial charge < -0.3 is 19.3 Å². The molecule has 0 radical (unpaired) electrons. The Morgan fingerprint density at radius 3 is 2.95 bits per heavy atom. The number of hydrogen-bond donors (Lipinski definition) is 1. The van der Waals surface area contributed by atoms with Gasteiger partial charge in [-0.15, -0.1) is 0 Å². The Kier molecular flexibility index (Phi) is 6.57. The van der Waals surface area contributed by atoms with Crippen LogP contribution < -0.4 is 4.74 Å². The summed E-state index contributed by atoms with van der Waals surface area (Å²) in [5.74, 6) is 0.797. The maximum absolute atomic E-state index is 8.82. The molecule has 1 aromatic carbocycles. The van der Waals surface area contributed by atoms with Crippen molar-refractivity contribution in [3.05, 3.63) is 35.9 Å². The van der Waals surface area contributed by atoms with Crippen molar-refractivity contribution >= 4 is 6.08 Å². The van der Waals surface area contributed by atoms with E-state index < -0.39 is 0 Å². The minimum atomic E-state index is -0.0723. The molecule has 110 valence electrons. The van der Waals surface area contributed by atoms with Gasteiger partial charge in [-0.25, -0.2) is 0 Å². The van der Waals surface area contributed by atoms with Crippen LogP contribution in [0.3, 0.4) is 0 Å². The van der Waals surface area contributed by atoms with Gasteiger partial charge in [-0.1, -0.05) is 30.4 Å². The van der Waals surface area contributed by atoms with E-state index in [1.807, 2.05) is 30.3 Å². The smallest absolute Gasteiger partial charge is 0.157 e. The van der Waals surface area contributed by atoms with Crippen LogP contribution in [0.25, 0.3) is 6.08 Å². The summed E-state index contributed by atoms with van der Waals surface area (Å²) in [6, 6.07) is 7.73. The van der Waals surface area contributed by atoms with E-state index in [0.717, 1.165) is 30.8 Å². The highest BCUT2D eigenvalue weighted by Crippen LogP contribution is 2.19. The molecule has 2 rings (SSSR count). The largest absolute Gasteiger partial charge is 0.491 e. The predicted octanol–water partition coefficient (Wildman–Crippen LogP) is 2.61. The lowest BCUT2D eigenvalue weighted by Crippen LogP contribution is -2.24. The molecule has 1 fully saturated rings. The normalized spacial score (nSPS) is 19.4. The van der Waals surface area contributed by atoms with Crippen molar-refractivity contribution in [1.82, 2.24) is 0 Å². The molecule has 1 heterocycles. The van der Waals surface area contributed by atoms with Crippen molar-refractivity contribution < 1.29 is 19.3 Å². The van der Waals surface area contributed by atoms with Gasteiger partial charge in [0.2, 0.25) is 0 Å². The van der Waals surface area contributed by atoms with Crippen LogP contribution in [-0.4, -0.2) is 37.8 Å². The molecule has 0 aromatic heterocycles. The van der Waals surface area contributed by atoms with Gasteiger partial charge in [-0.2, -0.15) is 0 Å². The number of para-hydroxylation sites is 1. The van der Waals surface area contributed by atoms with Crippen LogP contribution in [-0.2, 0) is 9.47 Å². The summed E-state index contributed by atoms with van der Waals surface area (Å²) in [6.45, 7) is 1.82. The fraction of sp³-hybridized carbons (Fsp3) is 0.500. The van der Waals surface area contributed by atoms with Gasteiger partial charge in [0.25, 0.3) is 0 Å². The van der Waals surface area contributed by atoms with Crippen LogP contribution >= 0.6 is 0 Å². The van der Waals surface area contributed by atoms with Gasteiger partial charge in [-0.05, 0) is 25.3 Å². The van der Waals surface area contributed by atoms with Crippen molar-refractivity contribution in [2.75, 3.05) is 26.4 Å². The van der Waals surface area contributed by atoms with E-state index in [-0.39, 0.29) is 12.9 Å². The first-order chi connectivity index (χ1) is 9.90. The summed E-state index contributed by atoms with van der Waals surface area (Å²) in [7, 11) is 0. The van der Waals surface area contributed by atoms with Gasteiger partial charge >= 0.3 is 0 Å². The Labute approximate surface area is 120 Å². The Hall–Kier alpha value is -1.36. The number of benzene rings is 1. The van der Waals surface area contributed by atoms with E-state index in [0.29, 0.717) is 13.2 Å². The molecule has 1 aliphatic rings. The molecule has 0 aliphatic carbocycles. The first kappa shape index (κ1) is 15.0. The van der Waals surface area contributed by atoms with Crippen molar-refractivity contribution in [3.8, 4) is 5.75 Å². The lowest BCUT2D eigenvalue weighted by Gasteiger charge is -2.22. The number of rotatable bonds is 7. The third-order valence-electron chi connectivity index (χ3n) is 3.10. The first-order valence-corrected chi connectivity index (χ1v) is 7.12. The predicted molar refractivity (Wildman–Crippen MR) is 77.6 cm³/mol. The maximum atomic E-state index is 8.82. The molecule has 1 atom stereocenters. The Bertz CT molecular complexity index is 411. The van der Waals surface area contributed by atoms with Gasteiger partial charge in [0, 0.05) is 12.2 Å². The lowest BCUT2D eigenvalue weighted by molar-refractivity contribution is -0.165. The highest BCUT2D eigenvalue weighted by Gasteiger charge is 2.13. The topological polar surface area (TPSA) is 47.9 Å². The molecule has 4 heteroatoms. The van der Waals surface area contributed by atoms with E-state index in [1.165, 1.54) is 6.42 Å². The number of hydrogen-bond acceptors (Lipinski definition) is 4. The maximum Gasteiger partial charge on any atom is 0.157 e. The molecule has 1 aromatic rings. The molecule has 0 amide bonds. The zero-order chi connectivity index (χ0) is 14.0. The third-order valence-corrected chi connectivity index (χ3v) is 3.10. The average molecular weight is 278 g/mol. The zero-order valence-corrected chi connectivity index (χ0v) is 11.7. The van der Waals surface area contributed by atoms with E-state index >= 15 is 0 Å². The van der Waals surface area contributed by atoms with E-state index in [4.69, 9.17) is 19.3 Å². The second-order valence-corrected chi connectivity index (χ2v) is 4.64. The highest BCUT2D eigenvalue weighted by atomic mass is 16.7. The molecule has 1 unspecified atom stereocenters. The SMILES string of the molecule is OC/C=C/c1ccccc1OCCOC1CCCCO1. The number of ether oxygens (including phenoxy) is 3. The van der Waals surface area contributed by atoms with Crippen LogP contribution in [0.1, 0.15) is 24.8 Å². The molecular weight excluding hydrogens is 256 g/mol. The standard InChI is InChI=1S/C16H22O4/c17-10-5-7-14-6-1-2-8-15(14)18-12-13-20-16-9-3-4-11-19-16/h1-2,5-8,16-17H,3-4,9-13H2/b7-5+. The summed E-state index contributed by atoms with van der Waals surface area (Å²) in [5, 5.41) is 8.82. The molecular formula is C16H22O4. The minimum Gasteiger partial charge on any atom is -0.491 e. The summed E-state index contributed by atoms with van der Waals surface area (Å²) >= 11 is 0.